The first-order chi connectivity index (χ1) is 10.0. The number of rotatable bonds is 6. The molecule has 0 aromatic heterocycles. The van der Waals surface area contributed by atoms with E-state index in [1.54, 1.807) is 0 Å². The highest BCUT2D eigenvalue weighted by Gasteiger charge is 2.79. The van der Waals surface area contributed by atoms with Gasteiger partial charge >= 0.3 is 0 Å². The van der Waals surface area contributed by atoms with Crippen LogP contribution in [0.1, 0.15) is 72.6 Å². The highest BCUT2D eigenvalue weighted by Crippen LogP contribution is 2.83. The lowest BCUT2D eigenvalue weighted by Crippen LogP contribution is -2.57. The van der Waals surface area contributed by atoms with Crippen molar-refractivity contribution in [1.82, 2.24) is 4.90 Å². The molecule has 21 heavy (non-hydrogen) atoms. The van der Waals surface area contributed by atoms with E-state index in [2.05, 4.69) is 32.6 Å². The van der Waals surface area contributed by atoms with Crippen molar-refractivity contribution in [2.75, 3.05) is 6.54 Å². The molecule has 0 radical (unpaired) electrons. The van der Waals surface area contributed by atoms with Crippen LogP contribution in [0, 0.1) is 16.7 Å². The molecule has 3 saturated carbocycles. The molecule has 0 N–H and O–H groups in total. The molecule has 1 spiro atoms. The van der Waals surface area contributed by atoms with Crippen molar-refractivity contribution in [2.24, 2.45) is 16.7 Å². The Morgan fingerprint density at radius 1 is 1.19 bits per heavy atom. The molecule has 4 aliphatic rings. The first-order valence-electron chi connectivity index (χ1n) is 9.43. The first-order valence-corrected chi connectivity index (χ1v) is 9.43. The summed E-state index contributed by atoms with van der Waals surface area (Å²) in [6.07, 6.45) is 10.9. The van der Waals surface area contributed by atoms with E-state index in [4.69, 9.17) is 4.74 Å². The maximum atomic E-state index is 6.23. The van der Waals surface area contributed by atoms with Crippen LogP contribution in [0.2, 0.25) is 0 Å². The average molecular weight is 291 g/mol. The standard InChI is InChI=1S/C19H33NO/c1-5-8-20(17-6-7-17)13(2)9-18-10-14(3)21-15(4)19(18)12-16(19)11-18/h13-17H,5-12H2,1-4H3. The summed E-state index contributed by atoms with van der Waals surface area (Å²) in [5.41, 5.74) is 1.21. The number of hydrogen-bond donors (Lipinski definition) is 0. The van der Waals surface area contributed by atoms with E-state index in [0.29, 0.717) is 23.0 Å². The Hall–Kier alpha value is -0.0800. The zero-order valence-electron chi connectivity index (χ0n) is 14.4. The second kappa shape index (κ2) is 4.71. The van der Waals surface area contributed by atoms with Gasteiger partial charge in [-0.3, -0.25) is 4.90 Å². The number of nitrogens with zero attached hydrogens (tertiary/aromatic N) is 1. The van der Waals surface area contributed by atoms with E-state index in [-0.39, 0.29) is 0 Å². The predicted octanol–water partition coefficient (Wildman–Crippen LogP) is 4.23. The summed E-state index contributed by atoms with van der Waals surface area (Å²) in [5.74, 6) is 1.01. The number of hydrogen-bond acceptors (Lipinski definition) is 2. The van der Waals surface area contributed by atoms with Crippen molar-refractivity contribution in [3.8, 4) is 0 Å². The molecule has 0 bridgehead atoms. The van der Waals surface area contributed by atoms with E-state index < -0.39 is 0 Å². The predicted molar refractivity (Wildman–Crippen MR) is 86.3 cm³/mol. The monoisotopic (exact) mass is 291 g/mol. The van der Waals surface area contributed by atoms with Crippen molar-refractivity contribution in [3.05, 3.63) is 0 Å². The molecular formula is C19H33NO. The third-order valence-electron chi connectivity index (χ3n) is 7.37. The zero-order valence-corrected chi connectivity index (χ0v) is 14.4. The fourth-order valence-corrected chi connectivity index (χ4v) is 6.52. The Morgan fingerprint density at radius 2 is 1.95 bits per heavy atom. The maximum absolute atomic E-state index is 6.23. The molecule has 1 heterocycles. The van der Waals surface area contributed by atoms with E-state index in [1.165, 1.54) is 51.5 Å². The molecule has 2 nitrogen and oxygen atoms in total. The second-order valence-corrected chi connectivity index (χ2v) is 8.74. The van der Waals surface area contributed by atoms with E-state index in [9.17, 15) is 0 Å². The minimum Gasteiger partial charge on any atom is -0.375 e. The summed E-state index contributed by atoms with van der Waals surface area (Å²) >= 11 is 0. The van der Waals surface area contributed by atoms with Crippen LogP contribution in [-0.2, 0) is 4.74 Å². The van der Waals surface area contributed by atoms with Crippen LogP contribution in [0.25, 0.3) is 0 Å². The van der Waals surface area contributed by atoms with Crippen molar-refractivity contribution in [3.63, 3.8) is 0 Å². The lowest BCUT2D eigenvalue weighted by molar-refractivity contribution is -0.200. The van der Waals surface area contributed by atoms with Crippen LogP contribution >= 0.6 is 0 Å². The average Bonchev–Trinajstić information content (AvgIpc) is 3.28. The Bertz CT molecular complexity index is 420. The third kappa shape index (κ3) is 1.97. The smallest absolute Gasteiger partial charge is 0.0614 e. The van der Waals surface area contributed by atoms with Gasteiger partial charge in [-0.05, 0) is 83.6 Å². The SMILES string of the molecule is CCCN(C(C)CC12CC(C)OC(C)C13CC3C2)C1CC1. The summed E-state index contributed by atoms with van der Waals surface area (Å²) in [6.45, 7) is 10.8. The van der Waals surface area contributed by atoms with Crippen LogP contribution in [0.4, 0.5) is 0 Å². The van der Waals surface area contributed by atoms with Gasteiger partial charge in [-0.2, -0.15) is 0 Å². The van der Waals surface area contributed by atoms with Gasteiger partial charge in [-0.25, -0.2) is 0 Å². The van der Waals surface area contributed by atoms with Crippen molar-refractivity contribution >= 4 is 0 Å². The summed E-state index contributed by atoms with van der Waals surface area (Å²) in [7, 11) is 0. The third-order valence-corrected chi connectivity index (χ3v) is 7.37. The molecule has 120 valence electrons. The molecular weight excluding hydrogens is 258 g/mol. The van der Waals surface area contributed by atoms with Gasteiger partial charge in [-0.1, -0.05) is 6.92 Å². The largest absolute Gasteiger partial charge is 0.375 e. The molecule has 3 aliphatic carbocycles. The lowest BCUT2D eigenvalue weighted by atomic mass is 9.51. The molecule has 2 heteroatoms. The summed E-state index contributed by atoms with van der Waals surface area (Å²) in [6, 6.07) is 1.69. The van der Waals surface area contributed by atoms with Crippen LogP contribution < -0.4 is 0 Å². The Kier molecular flexibility index (Phi) is 3.25. The van der Waals surface area contributed by atoms with Gasteiger partial charge in [0.05, 0.1) is 12.2 Å². The minimum atomic E-state index is 0.472. The number of ether oxygens (including phenoxy) is 1. The van der Waals surface area contributed by atoms with E-state index >= 15 is 0 Å². The highest BCUT2D eigenvalue weighted by atomic mass is 16.5. The Balaban J connectivity index is 1.50. The Morgan fingerprint density at radius 3 is 2.52 bits per heavy atom. The van der Waals surface area contributed by atoms with Gasteiger partial charge in [0, 0.05) is 17.5 Å². The quantitative estimate of drug-likeness (QED) is 0.726. The molecule has 6 unspecified atom stereocenters. The molecule has 0 aromatic rings. The van der Waals surface area contributed by atoms with Gasteiger partial charge in [0.25, 0.3) is 0 Å². The van der Waals surface area contributed by atoms with Gasteiger partial charge < -0.3 is 4.74 Å². The summed E-state index contributed by atoms with van der Waals surface area (Å²) in [5, 5.41) is 0. The summed E-state index contributed by atoms with van der Waals surface area (Å²) < 4.78 is 6.23. The van der Waals surface area contributed by atoms with Crippen molar-refractivity contribution < 1.29 is 4.74 Å². The van der Waals surface area contributed by atoms with Crippen molar-refractivity contribution in [1.29, 1.82) is 0 Å². The normalized spacial score (nSPS) is 49.3. The fourth-order valence-electron chi connectivity index (χ4n) is 6.52. The maximum Gasteiger partial charge on any atom is 0.0614 e. The van der Waals surface area contributed by atoms with Crippen molar-refractivity contribution in [2.45, 2.75) is 96.9 Å². The molecule has 6 atom stereocenters. The van der Waals surface area contributed by atoms with Crippen LogP contribution in [0.3, 0.4) is 0 Å². The molecule has 4 fully saturated rings. The topological polar surface area (TPSA) is 12.5 Å². The second-order valence-electron chi connectivity index (χ2n) is 8.74. The van der Waals surface area contributed by atoms with Gasteiger partial charge in [0.15, 0.2) is 0 Å². The van der Waals surface area contributed by atoms with E-state index in [0.717, 1.165) is 18.0 Å². The fraction of sp³-hybridized carbons (Fsp3) is 1.00. The lowest BCUT2D eigenvalue weighted by Gasteiger charge is -2.59. The molecule has 1 aliphatic heterocycles. The molecule has 0 amide bonds. The highest BCUT2D eigenvalue weighted by molar-refractivity contribution is 5.27. The molecule has 0 aromatic carbocycles. The molecule has 4 rings (SSSR count). The molecule has 1 saturated heterocycles. The van der Waals surface area contributed by atoms with E-state index in [1.807, 2.05) is 0 Å². The zero-order chi connectivity index (χ0) is 14.8. The van der Waals surface area contributed by atoms with Crippen LogP contribution in [-0.4, -0.2) is 35.7 Å². The van der Waals surface area contributed by atoms with Crippen LogP contribution in [0.5, 0.6) is 0 Å². The van der Waals surface area contributed by atoms with Gasteiger partial charge in [0.2, 0.25) is 0 Å². The first kappa shape index (κ1) is 14.5. The van der Waals surface area contributed by atoms with Gasteiger partial charge in [0.1, 0.15) is 0 Å². The Labute approximate surface area is 130 Å². The minimum absolute atomic E-state index is 0.472. The summed E-state index contributed by atoms with van der Waals surface area (Å²) in [4.78, 5) is 2.84. The van der Waals surface area contributed by atoms with Gasteiger partial charge in [-0.15, -0.1) is 0 Å². The van der Waals surface area contributed by atoms with Crippen LogP contribution in [0.15, 0.2) is 0 Å².